The average Bonchev–Trinajstić information content (AvgIpc) is 3.42. The molecule has 0 radical (unpaired) electrons. The number of nitriles is 1. The Labute approximate surface area is 243 Å². The van der Waals surface area contributed by atoms with Crippen molar-refractivity contribution in [2.24, 2.45) is 0 Å². The van der Waals surface area contributed by atoms with Crippen LogP contribution in [0.3, 0.4) is 0 Å². The van der Waals surface area contributed by atoms with Crippen molar-refractivity contribution in [3.63, 3.8) is 0 Å². The van der Waals surface area contributed by atoms with Gasteiger partial charge in [-0.05, 0) is 80.8 Å². The molecule has 2 atom stereocenters. The molecule has 1 aromatic heterocycles. The van der Waals surface area contributed by atoms with Crippen LogP contribution in [0.2, 0.25) is 0 Å². The van der Waals surface area contributed by atoms with Crippen LogP contribution >= 0.6 is 10.2 Å². The van der Waals surface area contributed by atoms with Gasteiger partial charge in [0.2, 0.25) is 5.92 Å². The summed E-state index contributed by atoms with van der Waals surface area (Å²) in [5.74, 6) is -4.40. The van der Waals surface area contributed by atoms with Crippen molar-refractivity contribution in [1.82, 2.24) is 15.2 Å². The highest BCUT2D eigenvalue weighted by atomic mass is 32.5. The maximum atomic E-state index is 14.4. The SMILES string of the molecule is N#CN1CCCC1C(=O)N(c1ccc(S(F)(F)(F)(F)F)cc1)C1(C(=O)NC2CCC(F)(F)CC2)CCCc2ccncc21. The molecule has 1 saturated carbocycles. The van der Waals surface area contributed by atoms with E-state index in [2.05, 4.69) is 10.3 Å². The molecule has 5 rings (SSSR count). The number of alkyl halides is 2. The van der Waals surface area contributed by atoms with Crippen LogP contribution in [-0.2, 0) is 21.5 Å². The molecule has 2 amide bonds. The summed E-state index contributed by atoms with van der Waals surface area (Å²) < 4.78 is 95.8. The second kappa shape index (κ2) is 10.0. The van der Waals surface area contributed by atoms with Gasteiger partial charge in [0, 0.05) is 49.1 Å². The Morgan fingerprint density at radius 2 is 1.67 bits per heavy atom. The lowest BCUT2D eigenvalue weighted by Gasteiger charge is -2.48. The third-order valence-electron chi connectivity index (χ3n) is 8.58. The second-order valence-corrected chi connectivity index (χ2v) is 13.8. The molecule has 43 heavy (non-hydrogen) atoms. The molecule has 7 nitrogen and oxygen atoms in total. The van der Waals surface area contributed by atoms with Crippen LogP contribution < -0.4 is 10.2 Å². The van der Waals surface area contributed by atoms with Gasteiger partial charge in [-0.2, -0.15) is 5.26 Å². The lowest BCUT2D eigenvalue weighted by molar-refractivity contribution is -0.134. The molecule has 234 valence electrons. The first-order valence-corrected chi connectivity index (χ1v) is 15.9. The second-order valence-electron chi connectivity index (χ2n) is 11.4. The Bertz CT molecular complexity index is 1460. The van der Waals surface area contributed by atoms with Crippen molar-refractivity contribution in [3.05, 3.63) is 53.9 Å². The highest BCUT2D eigenvalue weighted by molar-refractivity contribution is 8.45. The number of fused-ring (bicyclic) bond motifs is 1. The topological polar surface area (TPSA) is 89.3 Å². The number of carbonyl (C=O) groups excluding carboxylic acids is 2. The van der Waals surface area contributed by atoms with E-state index < -0.39 is 63.3 Å². The number of hydrogen-bond donors (Lipinski definition) is 1. The van der Waals surface area contributed by atoms with Gasteiger partial charge in [-0.25, -0.2) is 8.78 Å². The summed E-state index contributed by atoms with van der Waals surface area (Å²) in [6.45, 7) is 0.234. The molecule has 0 bridgehead atoms. The zero-order valence-corrected chi connectivity index (χ0v) is 23.7. The number of aromatic nitrogens is 1. The standard InChI is InChI=1S/C28H30F7N5O2S/c29-27(30)13-9-20(10-14-27)38-26(42)28(12-1-3-19-11-15-37-17-23(19)28)40(25(41)24-4-2-16-39(24)18-36)21-5-7-22(8-6-21)43(31,32,33,34)35/h5-8,11,15,17,20,24H,1-4,9-10,12-14,16H2,(H,38,42). The van der Waals surface area contributed by atoms with E-state index in [-0.39, 0.29) is 55.6 Å². The highest BCUT2D eigenvalue weighted by Crippen LogP contribution is 3.02. The number of nitrogens with one attached hydrogen (secondary N) is 1. The third-order valence-corrected chi connectivity index (χ3v) is 9.74. The van der Waals surface area contributed by atoms with Gasteiger partial charge in [-0.1, -0.05) is 19.4 Å². The molecule has 2 aliphatic carbocycles. The first-order valence-electron chi connectivity index (χ1n) is 13.9. The molecule has 1 saturated heterocycles. The lowest BCUT2D eigenvalue weighted by atomic mass is 9.74. The number of rotatable bonds is 6. The van der Waals surface area contributed by atoms with Crippen molar-refractivity contribution in [1.29, 1.82) is 5.26 Å². The van der Waals surface area contributed by atoms with E-state index in [4.69, 9.17) is 0 Å². The highest BCUT2D eigenvalue weighted by Gasteiger charge is 2.65. The third kappa shape index (κ3) is 5.98. The van der Waals surface area contributed by atoms with Crippen LogP contribution in [0.1, 0.15) is 62.5 Å². The smallest absolute Gasteiger partial charge is 0.310 e. The monoisotopic (exact) mass is 633 g/mol. The van der Waals surface area contributed by atoms with E-state index in [1.807, 2.05) is 6.19 Å². The summed E-state index contributed by atoms with van der Waals surface area (Å²) in [6, 6.07) is 1.70. The number of benzene rings is 1. The predicted octanol–water partition coefficient (Wildman–Crippen LogP) is 6.94. The van der Waals surface area contributed by atoms with Gasteiger partial charge in [0.15, 0.2) is 11.7 Å². The van der Waals surface area contributed by atoms with Gasteiger partial charge >= 0.3 is 10.2 Å². The van der Waals surface area contributed by atoms with Crippen molar-refractivity contribution >= 4 is 27.7 Å². The number of likely N-dealkylation sites (tertiary alicyclic amines) is 1. The number of nitrogens with zero attached hydrogens (tertiary/aromatic N) is 4. The minimum absolute atomic E-state index is 0.0191. The fourth-order valence-corrected chi connectivity index (χ4v) is 7.07. The summed E-state index contributed by atoms with van der Waals surface area (Å²) in [7, 11) is -10.1. The Morgan fingerprint density at radius 3 is 2.30 bits per heavy atom. The number of hydrogen-bond acceptors (Lipinski definition) is 5. The van der Waals surface area contributed by atoms with Gasteiger partial charge in [0.1, 0.15) is 10.9 Å². The Morgan fingerprint density at radius 1 is 1.00 bits per heavy atom. The zero-order valence-electron chi connectivity index (χ0n) is 22.9. The van der Waals surface area contributed by atoms with Crippen molar-refractivity contribution < 1.29 is 37.8 Å². The van der Waals surface area contributed by atoms with Gasteiger partial charge in [0.25, 0.3) is 11.8 Å². The van der Waals surface area contributed by atoms with Crippen LogP contribution in [0.15, 0.2) is 47.6 Å². The number of aryl methyl sites for hydroxylation is 1. The predicted molar refractivity (Wildman–Crippen MR) is 145 cm³/mol. The van der Waals surface area contributed by atoms with E-state index >= 15 is 0 Å². The quantitative estimate of drug-likeness (QED) is 0.275. The number of amides is 2. The minimum Gasteiger partial charge on any atom is -0.351 e. The number of carbonyl (C=O) groups is 2. The summed E-state index contributed by atoms with van der Waals surface area (Å²) in [5, 5.41) is 12.5. The Kier molecular flexibility index (Phi) is 7.19. The number of anilines is 1. The first kappa shape index (κ1) is 30.9. The molecule has 15 heteroatoms. The normalized spacial score (nSPS) is 25.5. The largest absolute Gasteiger partial charge is 0.351 e. The summed E-state index contributed by atoms with van der Waals surface area (Å²) in [4.78, 5) is 33.0. The van der Waals surface area contributed by atoms with Gasteiger partial charge in [-0.3, -0.25) is 24.4 Å². The van der Waals surface area contributed by atoms with Crippen molar-refractivity contribution in [2.45, 2.75) is 86.2 Å². The van der Waals surface area contributed by atoms with Gasteiger partial charge in [-0.15, -0.1) is 0 Å². The van der Waals surface area contributed by atoms with Crippen LogP contribution in [0.5, 0.6) is 0 Å². The molecular weight excluding hydrogens is 603 g/mol. The summed E-state index contributed by atoms with van der Waals surface area (Å²) in [6.07, 6.45) is 5.30. The molecule has 3 aliphatic rings. The summed E-state index contributed by atoms with van der Waals surface area (Å²) in [5.41, 5.74) is -1.26. The molecule has 2 heterocycles. The Balaban J connectivity index is 1.67. The molecule has 2 aromatic rings. The van der Waals surface area contributed by atoms with Crippen LogP contribution in [0, 0.1) is 11.5 Å². The van der Waals surface area contributed by atoms with Gasteiger partial charge < -0.3 is 5.32 Å². The van der Waals surface area contributed by atoms with Crippen LogP contribution in [-0.4, -0.2) is 46.2 Å². The Hall–Kier alpha value is -3.54. The molecule has 0 spiro atoms. The first-order chi connectivity index (χ1) is 19.9. The lowest BCUT2D eigenvalue weighted by Crippen LogP contribution is -2.64. The van der Waals surface area contributed by atoms with Crippen molar-refractivity contribution in [2.75, 3.05) is 11.4 Å². The number of pyridine rings is 1. The van der Waals surface area contributed by atoms with E-state index in [1.165, 1.54) is 17.3 Å². The molecule has 2 fully saturated rings. The summed E-state index contributed by atoms with van der Waals surface area (Å²) >= 11 is 0. The van der Waals surface area contributed by atoms with E-state index in [0.717, 1.165) is 17.0 Å². The minimum atomic E-state index is -10.1. The molecule has 2 unspecified atom stereocenters. The van der Waals surface area contributed by atoms with Gasteiger partial charge in [0.05, 0.1) is 0 Å². The van der Waals surface area contributed by atoms with E-state index in [1.54, 1.807) is 6.07 Å². The maximum Gasteiger partial charge on any atom is 0.310 e. The molecular formula is C28H30F7N5O2S. The zero-order chi connectivity index (χ0) is 31.3. The van der Waals surface area contributed by atoms with Crippen molar-refractivity contribution in [3.8, 4) is 6.19 Å². The average molecular weight is 634 g/mol. The van der Waals surface area contributed by atoms with E-state index in [9.17, 15) is 43.1 Å². The van der Waals surface area contributed by atoms with Crippen LogP contribution in [0.25, 0.3) is 0 Å². The molecule has 1 N–H and O–H groups in total. The van der Waals surface area contributed by atoms with Crippen LogP contribution in [0.4, 0.5) is 33.9 Å². The van der Waals surface area contributed by atoms with E-state index in [0.29, 0.717) is 24.8 Å². The number of halogens is 7. The fourth-order valence-electron chi connectivity index (χ4n) is 6.42. The fraction of sp³-hybridized carbons (Fsp3) is 0.500. The maximum absolute atomic E-state index is 14.4. The molecule has 1 aromatic carbocycles. The molecule has 1 aliphatic heterocycles.